The number of hydrazine groups is 1. The van der Waals surface area contributed by atoms with E-state index in [0.717, 1.165) is 7.11 Å². The molecule has 3 aromatic rings. The number of aromatic hydroxyl groups is 1. The van der Waals surface area contributed by atoms with Gasteiger partial charge in [0.15, 0.2) is 5.82 Å². The zero-order valence-electron chi connectivity index (χ0n) is 27.1. The fourth-order valence-corrected chi connectivity index (χ4v) is 8.67. The maximum Gasteiger partial charge on any atom is 0.423 e. The van der Waals surface area contributed by atoms with Crippen LogP contribution in [0.4, 0.5) is 23.8 Å². The molecule has 7 rings (SSSR count). The van der Waals surface area contributed by atoms with Crippen LogP contribution in [0.5, 0.6) is 11.5 Å². The number of likely N-dealkylation sites (tertiary alicyclic amines) is 1. The standard InChI is InChI=1S/C35H27Cl2F3N4O8/c1-51-25-12-18(45)7-8-20(25)27-19-9-10-21-26(31(48)43(29(21)46)33(50)52-2)22(19)13-23-30(47)44(32(49)34(23,27)15-3-5-17(36)6-4-15)42-28-24(37)11-16(14-41-28)35(38,39)40/h3-9,11-12,14,21-23,26-27,45H,10,13H2,1-2H3,(H,41,42). The molecule has 3 heterocycles. The molecule has 52 heavy (non-hydrogen) atoms. The molecule has 2 aromatic carbocycles. The van der Waals surface area contributed by atoms with Crippen LogP contribution in [0, 0.1) is 23.7 Å². The first-order valence-corrected chi connectivity index (χ1v) is 16.6. The van der Waals surface area contributed by atoms with Gasteiger partial charge in [0, 0.05) is 28.8 Å². The highest BCUT2D eigenvalue weighted by atomic mass is 35.5. The van der Waals surface area contributed by atoms with Gasteiger partial charge in [0.1, 0.15) is 11.5 Å². The molecular formula is C35H27Cl2F3N4O8. The molecule has 6 unspecified atom stereocenters. The summed E-state index contributed by atoms with van der Waals surface area (Å²) in [6, 6.07) is 11.0. The van der Waals surface area contributed by atoms with Crippen molar-refractivity contribution in [3.63, 3.8) is 0 Å². The normalized spacial score (nSPS) is 26.8. The fraction of sp³-hybridized carbons (Fsp3) is 0.314. The summed E-state index contributed by atoms with van der Waals surface area (Å²) < 4.78 is 50.7. The summed E-state index contributed by atoms with van der Waals surface area (Å²) >= 11 is 12.5. The van der Waals surface area contributed by atoms with Crippen LogP contribution >= 0.6 is 23.2 Å². The summed E-state index contributed by atoms with van der Waals surface area (Å²) in [7, 11) is 2.38. The second-order valence-electron chi connectivity index (χ2n) is 12.8. The van der Waals surface area contributed by atoms with E-state index < -0.39 is 87.3 Å². The minimum absolute atomic E-state index is 0.00200. The Labute approximate surface area is 303 Å². The van der Waals surface area contributed by atoms with E-state index in [1.165, 1.54) is 37.4 Å². The van der Waals surface area contributed by atoms with Gasteiger partial charge >= 0.3 is 12.3 Å². The number of benzene rings is 2. The molecule has 2 aliphatic heterocycles. The van der Waals surface area contributed by atoms with Gasteiger partial charge < -0.3 is 14.6 Å². The van der Waals surface area contributed by atoms with E-state index in [2.05, 4.69) is 10.4 Å². The molecule has 1 aromatic heterocycles. The zero-order valence-corrected chi connectivity index (χ0v) is 28.6. The van der Waals surface area contributed by atoms with Crippen LogP contribution in [-0.4, -0.2) is 63.9 Å². The molecular weight excluding hydrogens is 732 g/mol. The third kappa shape index (κ3) is 5.11. The topological polar surface area (TPSA) is 155 Å². The molecule has 0 spiro atoms. The predicted molar refractivity (Wildman–Crippen MR) is 176 cm³/mol. The van der Waals surface area contributed by atoms with Crippen LogP contribution in [0.1, 0.15) is 35.4 Å². The Morgan fingerprint density at radius 3 is 2.35 bits per heavy atom. The summed E-state index contributed by atoms with van der Waals surface area (Å²) in [4.78, 5) is 74.1. The molecule has 12 nitrogen and oxygen atoms in total. The number of allylic oxidation sites excluding steroid dienone is 2. The predicted octanol–water partition coefficient (Wildman–Crippen LogP) is 5.87. The lowest BCUT2D eigenvalue weighted by Crippen LogP contribution is -2.53. The number of fused-ring (bicyclic) bond motifs is 4. The van der Waals surface area contributed by atoms with Crippen molar-refractivity contribution >= 4 is 58.7 Å². The van der Waals surface area contributed by atoms with E-state index >= 15 is 4.79 Å². The van der Waals surface area contributed by atoms with Crippen LogP contribution in [0.25, 0.3) is 0 Å². The number of anilines is 1. The van der Waals surface area contributed by atoms with E-state index in [1.807, 2.05) is 0 Å². The molecule has 270 valence electrons. The largest absolute Gasteiger partial charge is 0.508 e. The van der Waals surface area contributed by atoms with Crippen molar-refractivity contribution in [2.24, 2.45) is 23.7 Å². The monoisotopic (exact) mass is 758 g/mol. The number of carbonyl (C=O) groups is 5. The third-order valence-electron chi connectivity index (χ3n) is 10.4. The molecule has 2 aliphatic carbocycles. The fourth-order valence-electron chi connectivity index (χ4n) is 8.34. The highest BCUT2D eigenvalue weighted by Gasteiger charge is 2.71. The Morgan fingerprint density at radius 1 is 1.00 bits per heavy atom. The molecule has 3 fully saturated rings. The number of phenols is 1. The number of halogens is 5. The number of rotatable bonds is 5. The number of amides is 5. The zero-order chi connectivity index (χ0) is 37.4. The quantitative estimate of drug-likeness (QED) is 0.238. The number of pyridine rings is 1. The van der Waals surface area contributed by atoms with Gasteiger partial charge in [-0.05, 0) is 48.6 Å². The van der Waals surface area contributed by atoms with Crippen molar-refractivity contribution < 1.29 is 51.7 Å². The average molecular weight is 760 g/mol. The summed E-state index contributed by atoms with van der Waals surface area (Å²) in [5, 5.41) is 10.9. The highest BCUT2D eigenvalue weighted by Crippen LogP contribution is 2.65. The number of hydrogen-bond acceptors (Lipinski definition) is 10. The van der Waals surface area contributed by atoms with Gasteiger partial charge in [-0.1, -0.05) is 53.1 Å². The molecule has 17 heteroatoms. The first-order valence-electron chi connectivity index (χ1n) is 15.8. The lowest BCUT2D eigenvalue weighted by Gasteiger charge is -2.50. The minimum Gasteiger partial charge on any atom is -0.508 e. The Bertz CT molecular complexity index is 2090. The first-order chi connectivity index (χ1) is 24.6. The van der Waals surface area contributed by atoms with Gasteiger partial charge in [-0.2, -0.15) is 23.1 Å². The number of carbonyl (C=O) groups excluding carboxylic acids is 5. The number of alkyl halides is 3. The van der Waals surface area contributed by atoms with Crippen molar-refractivity contribution in [2.45, 2.75) is 30.4 Å². The van der Waals surface area contributed by atoms with E-state index in [4.69, 9.17) is 32.7 Å². The molecule has 5 amide bonds. The van der Waals surface area contributed by atoms with E-state index in [1.54, 1.807) is 18.2 Å². The molecule has 4 aliphatic rings. The van der Waals surface area contributed by atoms with E-state index in [0.29, 0.717) is 43.9 Å². The molecule has 2 saturated heterocycles. The number of aromatic nitrogens is 1. The van der Waals surface area contributed by atoms with Crippen LogP contribution in [0.3, 0.4) is 0 Å². The number of nitrogens with one attached hydrogen (secondary N) is 1. The lowest BCUT2D eigenvalue weighted by atomic mass is 9.49. The number of imide groups is 4. The maximum atomic E-state index is 15.2. The van der Waals surface area contributed by atoms with Crippen molar-refractivity contribution in [1.82, 2.24) is 14.9 Å². The lowest BCUT2D eigenvalue weighted by molar-refractivity contribution is -0.140. The van der Waals surface area contributed by atoms with Gasteiger partial charge in [0.05, 0.1) is 48.0 Å². The number of ether oxygens (including phenoxy) is 2. The van der Waals surface area contributed by atoms with Gasteiger partial charge in [-0.3, -0.25) is 24.6 Å². The van der Waals surface area contributed by atoms with Crippen LogP contribution in [0.2, 0.25) is 10.0 Å². The van der Waals surface area contributed by atoms with Crippen molar-refractivity contribution in [3.05, 3.63) is 93.1 Å². The summed E-state index contributed by atoms with van der Waals surface area (Å²) in [5.41, 5.74) is 0.717. The first kappa shape index (κ1) is 35.3. The van der Waals surface area contributed by atoms with Gasteiger partial charge in [-0.25, -0.2) is 9.78 Å². The minimum atomic E-state index is -4.77. The van der Waals surface area contributed by atoms with Crippen molar-refractivity contribution in [1.29, 1.82) is 0 Å². The SMILES string of the molecule is COC(=O)N1C(=O)C2CC=C3C(CC4C(=O)N(Nc5ncc(C(F)(F)F)cc5Cl)C(=O)C4(c4ccc(Cl)cc4)C3c3ccc(O)cc3OC)C2C1=O. The van der Waals surface area contributed by atoms with Gasteiger partial charge in [-0.15, -0.1) is 0 Å². The van der Waals surface area contributed by atoms with Crippen molar-refractivity contribution in [2.75, 3.05) is 19.6 Å². The van der Waals surface area contributed by atoms with Gasteiger partial charge in [0.25, 0.3) is 11.8 Å². The van der Waals surface area contributed by atoms with Crippen LogP contribution < -0.4 is 10.2 Å². The third-order valence-corrected chi connectivity index (χ3v) is 11.0. The number of hydrogen-bond donors (Lipinski definition) is 2. The van der Waals surface area contributed by atoms with E-state index in [-0.39, 0.29) is 24.3 Å². The van der Waals surface area contributed by atoms with Crippen LogP contribution in [-0.2, 0) is 35.5 Å². The highest BCUT2D eigenvalue weighted by molar-refractivity contribution is 6.33. The smallest absolute Gasteiger partial charge is 0.423 e. The maximum absolute atomic E-state index is 15.2. The summed E-state index contributed by atoms with van der Waals surface area (Å²) in [6.45, 7) is 0. The van der Waals surface area contributed by atoms with Crippen LogP contribution in [0.15, 0.2) is 66.4 Å². The average Bonchev–Trinajstić information content (AvgIpc) is 3.49. The Kier molecular flexibility index (Phi) is 8.49. The summed E-state index contributed by atoms with van der Waals surface area (Å²) in [6.07, 6.45) is -3.87. The second-order valence-corrected chi connectivity index (χ2v) is 13.7. The summed E-state index contributed by atoms with van der Waals surface area (Å²) in [5.74, 6) is -9.06. The molecule has 2 N–H and O–H groups in total. The Balaban J connectivity index is 1.45. The Hall–Kier alpha value is -5.15. The number of methoxy groups -OCH3 is 2. The molecule has 6 atom stereocenters. The van der Waals surface area contributed by atoms with E-state index in [9.17, 15) is 37.5 Å². The number of nitrogens with zero attached hydrogens (tertiary/aromatic N) is 3. The molecule has 0 bridgehead atoms. The Morgan fingerprint density at radius 2 is 1.71 bits per heavy atom. The van der Waals surface area contributed by atoms with Crippen molar-refractivity contribution in [3.8, 4) is 11.5 Å². The second kappa shape index (κ2) is 12.5. The molecule has 1 saturated carbocycles. The molecule has 0 radical (unpaired) electrons. The number of phenolic OH excluding ortho intramolecular Hbond substituents is 1. The van der Waals surface area contributed by atoms with Gasteiger partial charge in [0.2, 0.25) is 11.8 Å².